The Bertz CT molecular complexity index is 814. The van der Waals surface area contributed by atoms with Crippen LogP contribution in [0, 0.1) is 5.82 Å². The fourth-order valence-corrected chi connectivity index (χ4v) is 2.88. The zero-order valence-corrected chi connectivity index (χ0v) is 13.2. The molecule has 0 atom stereocenters. The van der Waals surface area contributed by atoms with Crippen LogP contribution in [0.15, 0.2) is 42.5 Å². The van der Waals surface area contributed by atoms with Crippen LogP contribution in [0.25, 0.3) is 0 Å². The van der Waals surface area contributed by atoms with Gasteiger partial charge in [-0.1, -0.05) is 6.07 Å². The van der Waals surface area contributed by atoms with Gasteiger partial charge in [0.1, 0.15) is 5.82 Å². The van der Waals surface area contributed by atoms with Crippen molar-refractivity contribution in [3.8, 4) is 0 Å². The first-order valence-electron chi connectivity index (χ1n) is 7.30. The van der Waals surface area contributed by atoms with E-state index in [-0.39, 0.29) is 11.8 Å². The summed E-state index contributed by atoms with van der Waals surface area (Å²) in [5, 5.41) is 2.66. The van der Waals surface area contributed by atoms with E-state index < -0.39 is 11.2 Å². The fraction of sp³-hybridized carbons (Fsp3) is 0.222. The highest BCUT2D eigenvalue weighted by Crippen LogP contribution is 2.41. The zero-order chi connectivity index (χ0) is 16.8. The summed E-state index contributed by atoms with van der Waals surface area (Å²) in [6.07, 6.45) is 0. The van der Waals surface area contributed by atoms with Gasteiger partial charge < -0.3 is 10.2 Å². The molecule has 3 rings (SSSR count). The molecule has 0 aliphatic carbocycles. The SMILES string of the molecule is CN1C(=O)C(C)(C)c2cc(C(=O)Nc3cccc(F)c3)ccc21. The summed E-state index contributed by atoms with van der Waals surface area (Å²) < 4.78 is 13.2. The lowest BCUT2D eigenvalue weighted by Crippen LogP contribution is -2.33. The molecule has 0 unspecified atom stereocenters. The fourth-order valence-electron chi connectivity index (χ4n) is 2.88. The Kier molecular flexibility index (Phi) is 3.43. The lowest BCUT2D eigenvalue weighted by Gasteiger charge is -2.16. The molecule has 118 valence electrons. The average molecular weight is 312 g/mol. The van der Waals surface area contributed by atoms with Crippen molar-refractivity contribution in [1.29, 1.82) is 0 Å². The number of fused-ring (bicyclic) bond motifs is 1. The number of rotatable bonds is 2. The van der Waals surface area contributed by atoms with Gasteiger partial charge in [0.25, 0.3) is 5.91 Å². The summed E-state index contributed by atoms with van der Waals surface area (Å²) in [6, 6.07) is 10.9. The first-order valence-corrected chi connectivity index (χ1v) is 7.30. The number of nitrogens with one attached hydrogen (secondary N) is 1. The van der Waals surface area contributed by atoms with Gasteiger partial charge in [-0.25, -0.2) is 4.39 Å². The van der Waals surface area contributed by atoms with Gasteiger partial charge in [-0.15, -0.1) is 0 Å². The normalized spacial score (nSPS) is 15.5. The number of likely N-dealkylation sites (N-methyl/N-ethyl adjacent to an activating group) is 1. The third kappa shape index (κ3) is 2.48. The van der Waals surface area contributed by atoms with Gasteiger partial charge in [-0.2, -0.15) is 0 Å². The van der Waals surface area contributed by atoms with Gasteiger partial charge in [-0.05, 0) is 55.8 Å². The maximum Gasteiger partial charge on any atom is 0.255 e. The molecular formula is C18H17FN2O2. The predicted octanol–water partition coefficient (Wildman–Crippen LogP) is 3.33. The van der Waals surface area contributed by atoms with Gasteiger partial charge in [0.15, 0.2) is 0 Å². The number of halogens is 1. The minimum absolute atomic E-state index is 0.00445. The van der Waals surface area contributed by atoms with Crippen LogP contribution in [-0.2, 0) is 10.2 Å². The molecule has 1 N–H and O–H groups in total. The Balaban J connectivity index is 1.92. The van der Waals surface area contributed by atoms with Gasteiger partial charge in [0, 0.05) is 24.0 Å². The monoisotopic (exact) mass is 312 g/mol. The highest BCUT2D eigenvalue weighted by molar-refractivity contribution is 6.09. The van der Waals surface area contributed by atoms with Gasteiger partial charge in [0.05, 0.1) is 5.41 Å². The summed E-state index contributed by atoms with van der Waals surface area (Å²) in [5.41, 5.74) is 1.78. The van der Waals surface area contributed by atoms with Crippen LogP contribution in [0.1, 0.15) is 29.8 Å². The van der Waals surface area contributed by atoms with Crippen LogP contribution in [-0.4, -0.2) is 18.9 Å². The smallest absolute Gasteiger partial charge is 0.255 e. The first-order chi connectivity index (χ1) is 10.8. The van der Waals surface area contributed by atoms with E-state index in [1.807, 2.05) is 13.8 Å². The molecule has 0 saturated carbocycles. The second-order valence-corrected chi connectivity index (χ2v) is 6.19. The van der Waals surface area contributed by atoms with Gasteiger partial charge in [0.2, 0.25) is 5.91 Å². The second kappa shape index (κ2) is 5.19. The highest BCUT2D eigenvalue weighted by Gasteiger charge is 2.42. The molecule has 0 saturated heterocycles. The van der Waals surface area contributed by atoms with Crippen molar-refractivity contribution < 1.29 is 14.0 Å². The minimum atomic E-state index is -0.667. The quantitative estimate of drug-likeness (QED) is 0.924. The topological polar surface area (TPSA) is 49.4 Å². The van der Waals surface area contributed by atoms with E-state index in [1.54, 1.807) is 36.2 Å². The Labute approximate surface area is 133 Å². The number of anilines is 2. The minimum Gasteiger partial charge on any atom is -0.322 e. The number of hydrogen-bond donors (Lipinski definition) is 1. The summed E-state index contributed by atoms with van der Waals surface area (Å²) in [4.78, 5) is 26.2. The zero-order valence-electron chi connectivity index (χ0n) is 13.2. The molecule has 2 aromatic carbocycles. The Morgan fingerprint density at radius 3 is 2.61 bits per heavy atom. The van der Waals surface area contributed by atoms with Crippen molar-refractivity contribution in [1.82, 2.24) is 0 Å². The van der Waals surface area contributed by atoms with Crippen LogP contribution in [0.4, 0.5) is 15.8 Å². The van der Waals surface area contributed by atoms with Crippen LogP contribution in [0.5, 0.6) is 0 Å². The lowest BCUT2D eigenvalue weighted by molar-refractivity contribution is -0.121. The number of amides is 2. The third-order valence-electron chi connectivity index (χ3n) is 4.22. The number of carbonyl (C=O) groups excluding carboxylic acids is 2. The van der Waals surface area contributed by atoms with Crippen LogP contribution in [0.2, 0.25) is 0 Å². The van der Waals surface area contributed by atoms with Crippen molar-refractivity contribution in [2.45, 2.75) is 19.3 Å². The predicted molar refractivity (Wildman–Crippen MR) is 87.2 cm³/mol. The third-order valence-corrected chi connectivity index (χ3v) is 4.22. The van der Waals surface area contributed by atoms with E-state index in [2.05, 4.69) is 5.32 Å². The molecule has 0 spiro atoms. The van der Waals surface area contributed by atoms with Crippen molar-refractivity contribution in [3.05, 3.63) is 59.4 Å². The molecule has 1 aliphatic heterocycles. The van der Waals surface area contributed by atoms with Crippen molar-refractivity contribution >= 4 is 23.2 Å². The standard InChI is InChI=1S/C18H17FN2O2/c1-18(2)14-9-11(7-8-15(14)21(3)17(18)23)16(22)20-13-6-4-5-12(19)10-13/h4-10H,1-3H3,(H,20,22). The molecule has 0 aromatic heterocycles. The molecule has 2 amide bonds. The Morgan fingerprint density at radius 1 is 1.17 bits per heavy atom. The molecule has 4 nitrogen and oxygen atoms in total. The Morgan fingerprint density at radius 2 is 1.91 bits per heavy atom. The molecular weight excluding hydrogens is 295 g/mol. The highest BCUT2D eigenvalue weighted by atomic mass is 19.1. The van der Waals surface area contributed by atoms with E-state index in [1.165, 1.54) is 18.2 Å². The summed E-state index contributed by atoms with van der Waals surface area (Å²) >= 11 is 0. The van der Waals surface area contributed by atoms with Crippen molar-refractivity contribution in [2.24, 2.45) is 0 Å². The van der Waals surface area contributed by atoms with E-state index in [0.717, 1.165) is 11.3 Å². The Hall–Kier alpha value is -2.69. The van der Waals surface area contributed by atoms with Crippen LogP contribution >= 0.6 is 0 Å². The van der Waals surface area contributed by atoms with Gasteiger partial charge >= 0.3 is 0 Å². The molecule has 1 heterocycles. The number of hydrogen-bond acceptors (Lipinski definition) is 2. The van der Waals surface area contributed by atoms with Crippen molar-refractivity contribution in [3.63, 3.8) is 0 Å². The summed E-state index contributed by atoms with van der Waals surface area (Å²) in [6.45, 7) is 3.68. The summed E-state index contributed by atoms with van der Waals surface area (Å²) in [5.74, 6) is -0.753. The van der Waals surface area contributed by atoms with E-state index >= 15 is 0 Å². The first kappa shape index (κ1) is 15.2. The van der Waals surface area contributed by atoms with Crippen LogP contribution in [0.3, 0.4) is 0 Å². The largest absolute Gasteiger partial charge is 0.322 e. The summed E-state index contributed by atoms with van der Waals surface area (Å²) in [7, 11) is 1.72. The van der Waals surface area contributed by atoms with E-state index in [9.17, 15) is 14.0 Å². The number of benzene rings is 2. The van der Waals surface area contributed by atoms with Crippen molar-refractivity contribution in [2.75, 3.05) is 17.3 Å². The molecule has 1 aliphatic rings. The molecule has 2 aromatic rings. The van der Waals surface area contributed by atoms with Gasteiger partial charge in [-0.3, -0.25) is 9.59 Å². The van der Waals surface area contributed by atoms with Crippen LogP contribution < -0.4 is 10.2 Å². The lowest BCUT2D eigenvalue weighted by atomic mass is 9.85. The van der Waals surface area contributed by atoms with E-state index in [0.29, 0.717) is 11.3 Å². The molecule has 0 fully saturated rings. The number of nitrogens with zero attached hydrogens (tertiary/aromatic N) is 1. The molecule has 23 heavy (non-hydrogen) atoms. The maximum absolute atomic E-state index is 13.2. The second-order valence-electron chi connectivity index (χ2n) is 6.19. The average Bonchev–Trinajstić information content (AvgIpc) is 2.68. The molecule has 5 heteroatoms. The van der Waals surface area contributed by atoms with E-state index in [4.69, 9.17) is 0 Å². The molecule has 0 radical (unpaired) electrons. The maximum atomic E-state index is 13.2. The number of carbonyl (C=O) groups is 2. The molecule has 0 bridgehead atoms.